The number of rotatable bonds is 1. The van der Waals surface area contributed by atoms with Crippen molar-refractivity contribution in [2.45, 2.75) is 19.6 Å². The minimum atomic E-state index is -1.32. The van der Waals surface area contributed by atoms with Crippen molar-refractivity contribution in [3.8, 4) is 29.1 Å². The van der Waals surface area contributed by atoms with Crippen LogP contribution in [0.15, 0.2) is 48.5 Å². The van der Waals surface area contributed by atoms with Gasteiger partial charge in [0.2, 0.25) is 0 Å². The van der Waals surface area contributed by atoms with Crippen LogP contribution in [0.1, 0.15) is 16.7 Å². The van der Waals surface area contributed by atoms with Crippen molar-refractivity contribution in [1.29, 1.82) is 0 Å². The third-order valence-corrected chi connectivity index (χ3v) is 3.78. The van der Waals surface area contributed by atoms with Crippen molar-refractivity contribution in [3.63, 3.8) is 0 Å². The van der Waals surface area contributed by atoms with Gasteiger partial charge in [-0.2, -0.15) is 0 Å². The Balaban J connectivity index is 2.11. The van der Waals surface area contributed by atoms with Crippen LogP contribution >= 0.6 is 0 Å². The smallest absolute Gasteiger partial charge is 0.129 e. The van der Waals surface area contributed by atoms with Gasteiger partial charge in [-0.1, -0.05) is 37.4 Å². The van der Waals surface area contributed by atoms with E-state index in [0.717, 1.165) is 22.4 Å². The minimum absolute atomic E-state index is 0.843. The van der Waals surface area contributed by atoms with Crippen LogP contribution in [0.2, 0.25) is 19.6 Å². The fourth-order valence-corrected chi connectivity index (χ4v) is 2.23. The van der Waals surface area contributed by atoms with Gasteiger partial charge in [0.05, 0.1) is 7.11 Å². The molecule has 0 aliphatic carbocycles. The van der Waals surface area contributed by atoms with E-state index >= 15 is 0 Å². The van der Waals surface area contributed by atoms with E-state index < -0.39 is 8.07 Å². The van der Waals surface area contributed by atoms with E-state index in [2.05, 4.69) is 42.9 Å². The standard InChI is InChI=1S/C20H20OSi/c1-21-20-13-11-18(12-14-20)6-5-17-7-9-19(10-8-17)15-16-22(2,3)4/h7-14H,1-4H3. The molecule has 0 heterocycles. The van der Waals surface area contributed by atoms with E-state index in [0.29, 0.717) is 0 Å². The molecule has 0 radical (unpaired) electrons. The third-order valence-electron chi connectivity index (χ3n) is 2.91. The molecule has 0 saturated carbocycles. The van der Waals surface area contributed by atoms with Crippen molar-refractivity contribution < 1.29 is 4.74 Å². The molecule has 0 fully saturated rings. The summed E-state index contributed by atoms with van der Waals surface area (Å²) < 4.78 is 5.13. The van der Waals surface area contributed by atoms with Gasteiger partial charge in [0.15, 0.2) is 0 Å². The van der Waals surface area contributed by atoms with E-state index in [1.54, 1.807) is 7.11 Å². The normalized spacial score (nSPS) is 10.0. The average Bonchev–Trinajstić information content (AvgIpc) is 2.52. The first-order valence-electron chi connectivity index (χ1n) is 7.26. The topological polar surface area (TPSA) is 9.23 Å². The molecule has 2 heteroatoms. The molecule has 110 valence electrons. The number of benzene rings is 2. The monoisotopic (exact) mass is 304 g/mol. The number of methoxy groups -OCH3 is 1. The fourth-order valence-electron chi connectivity index (χ4n) is 1.72. The van der Waals surface area contributed by atoms with Gasteiger partial charge in [0, 0.05) is 16.7 Å². The Labute approximate surface area is 134 Å². The second-order valence-corrected chi connectivity index (χ2v) is 10.8. The van der Waals surface area contributed by atoms with E-state index in [9.17, 15) is 0 Å². The quantitative estimate of drug-likeness (QED) is 0.563. The maximum Gasteiger partial charge on any atom is 0.129 e. The number of hydrogen-bond donors (Lipinski definition) is 0. The molecule has 0 saturated heterocycles. The van der Waals surface area contributed by atoms with Crippen LogP contribution in [0, 0.1) is 23.3 Å². The molecule has 0 aromatic heterocycles. The summed E-state index contributed by atoms with van der Waals surface area (Å²) >= 11 is 0. The molecule has 0 spiro atoms. The molecule has 1 nitrogen and oxygen atoms in total. The highest BCUT2D eigenvalue weighted by atomic mass is 28.3. The Hall–Kier alpha value is -2.42. The van der Waals surface area contributed by atoms with Gasteiger partial charge in [0.25, 0.3) is 0 Å². The van der Waals surface area contributed by atoms with Gasteiger partial charge in [-0.15, -0.1) is 5.54 Å². The van der Waals surface area contributed by atoms with Gasteiger partial charge < -0.3 is 4.74 Å². The predicted octanol–water partition coefficient (Wildman–Crippen LogP) is 4.32. The zero-order valence-corrected chi connectivity index (χ0v) is 14.5. The summed E-state index contributed by atoms with van der Waals surface area (Å²) in [7, 11) is 0.340. The summed E-state index contributed by atoms with van der Waals surface area (Å²) in [4.78, 5) is 0. The molecule has 0 bridgehead atoms. The molecular formula is C20H20OSi. The van der Waals surface area contributed by atoms with Gasteiger partial charge >= 0.3 is 0 Å². The largest absolute Gasteiger partial charge is 0.497 e. The van der Waals surface area contributed by atoms with Gasteiger partial charge in [-0.3, -0.25) is 0 Å². The molecule has 0 atom stereocenters. The summed E-state index contributed by atoms with van der Waals surface area (Å²) in [5.41, 5.74) is 6.39. The van der Waals surface area contributed by atoms with Crippen LogP contribution in [0.3, 0.4) is 0 Å². The SMILES string of the molecule is COc1ccc(C#Cc2ccc(C#C[Si](C)(C)C)cc2)cc1. The third kappa shape index (κ3) is 5.17. The first-order valence-corrected chi connectivity index (χ1v) is 10.8. The van der Waals surface area contributed by atoms with E-state index in [4.69, 9.17) is 4.74 Å². The van der Waals surface area contributed by atoms with E-state index in [1.807, 2.05) is 48.5 Å². The van der Waals surface area contributed by atoms with Crippen molar-refractivity contribution in [2.75, 3.05) is 7.11 Å². The molecule has 0 amide bonds. The molecule has 0 unspecified atom stereocenters. The van der Waals surface area contributed by atoms with Crippen LogP contribution < -0.4 is 4.74 Å². The van der Waals surface area contributed by atoms with Crippen molar-refractivity contribution >= 4 is 8.07 Å². The number of hydrogen-bond acceptors (Lipinski definition) is 1. The van der Waals surface area contributed by atoms with Crippen molar-refractivity contribution in [3.05, 3.63) is 65.2 Å². The highest BCUT2D eigenvalue weighted by molar-refractivity contribution is 6.83. The minimum Gasteiger partial charge on any atom is -0.497 e. The van der Waals surface area contributed by atoms with Crippen LogP contribution in [0.4, 0.5) is 0 Å². The zero-order chi connectivity index (χ0) is 16.0. The second kappa shape index (κ2) is 7.03. The molecular weight excluding hydrogens is 284 g/mol. The lowest BCUT2D eigenvalue weighted by Crippen LogP contribution is -2.16. The van der Waals surface area contributed by atoms with Crippen molar-refractivity contribution in [1.82, 2.24) is 0 Å². The van der Waals surface area contributed by atoms with E-state index in [1.165, 1.54) is 0 Å². The molecule has 2 aromatic carbocycles. The van der Waals surface area contributed by atoms with Gasteiger partial charge in [-0.25, -0.2) is 0 Å². The lowest BCUT2D eigenvalue weighted by atomic mass is 10.1. The summed E-state index contributed by atoms with van der Waals surface area (Å²) in [5.74, 6) is 10.4. The fraction of sp³-hybridized carbons (Fsp3) is 0.200. The molecule has 22 heavy (non-hydrogen) atoms. The Bertz CT molecular complexity index is 742. The van der Waals surface area contributed by atoms with Crippen LogP contribution in [0.5, 0.6) is 5.75 Å². The summed E-state index contributed by atoms with van der Waals surface area (Å²) in [6.07, 6.45) is 0. The maximum atomic E-state index is 5.13. The maximum absolute atomic E-state index is 5.13. The first-order chi connectivity index (χ1) is 10.5. The lowest BCUT2D eigenvalue weighted by molar-refractivity contribution is 0.415. The Morgan fingerprint density at radius 3 is 1.50 bits per heavy atom. The van der Waals surface area contributed by atoms with Crippen LogP contribution in [0.25, 0.3) is 0 Å². The Morgan fingerprint density at radius 2 is 1.09 bits per heavy atom. The molecule has 0 aliphatic heterocycles. The van der Waals surface area contributed by atoms with Crippen LogP contribution in [-0.2, 0) is 0 Å². The zero-order valence-electron chi connectivity index (χ0n) is 13.5. The highest BCUT2D eigenvalue weighted by Gasteiger charge is 2.07. The van der Waals surface area contributed by atoms with Gasteiger partial charge in [0.1, 0.15) is 13.8 Å². The summed E-state index contributed by atoms with van der Waals surface area (Å²) in [6.45, 7) is 6.73. The van der Waals surface area contributed by atoms with Crippen LogP contribution in [-0.4, -0.2) is 15.2 Å². The Morgan fingerprint density at radius 1 is 0.682 bits per heavy atom. The molecule has 2 aromatic rings. The van der Waals surface area contributed by atoms with E-state index in [-0.39, 0.29) is 0 Å². The molecule has 0 aliphatic rings. The average molecular weight is 304 g/mol. The molecule has 0 N–H and O–H groups in total. The molecule has 2 rings (SSSR count). The lowest BCUT2D eigenvalue weighted by Gasteiger charge is -2.03. The second-order valence-electron chi connectivity index (χ2n) is 6.06. The Kier molecular flexibility index (Phi) is 5.10. The predicted molar refractivity (Wildman–Crippen MR) is 95.6 cm³/mol. The number of ether oxygens (including phenoxy) is 1. The van der Waals surface area contributed by atoms with Crippen molar-refractivity contribution in [2.24, 2.45) is 0 Å². The highest BCUT2D eigenvalue weighted by Crippen LogP contribution is 2.10. The van der Waals surface area contributed by atoms with Gasteiger partial charge in [-0.05, 0) is 48.5 Å². The summed E-state index contributed by atoms with van der Waals surface area (Å²) in [5, 5.41) is 0. The summed E-state index contributed by atoms with van der Waals surface area (Å²) in [6, 6.07) is 15.9. The first kappa shape index (κ1) is 16.0.